The Bertz CT molecular complexity index is 3640. The van der Waals surface area contributed by atoms with Gasteiger partial charge in [0.05, 0.1) is 36.0 Å². The third kappa shape index (κ3) is 26.5. The SMILES string of the molecule is C.CC.CC.CC.CC.CC.CC.CC.CC(C)c1c[nH]c2ccccc12.CC(C)c1ccnc2[nH]ccc12.CC(C)c1cnc2ccccn12.CC(C)c1cnc2cccnn12.CC(C)c1cnc2cnccn12.CC(C)c1cnc2ncccn12.CC(C)c1cnn2ccccc12. The van der Waals surface area contributed by atoms with E-state index in [2.05, 4.69) is 216 Å². The number of hydrogen-bond acceptors (Lipinski definition) is 9. The molecule has 16 heteroatoms. The Hall–Kier alpha value is -9.31. The molecule has 0 fully saturated rings. The van der Waals surface area contributed by atoms with E-state index >= 15 is 0 Å². The summed E-state index contributed by atoms with van der Waals surface area (Å²) in [5.41, 5.74) is 15.3. The quantitative estimate of drug-likeness (QED) is 0.158. The number of aromatic amines is 2. The minimum atomic E-state index is 0. The molecule has 2 N–H and O–H groups in total. The second-order valence-corrected chi connectivity index (χ2v) is 22.7. The van der Waals surface area contributed by atoms with Crippen molar-refractivity contribution in [2.24, 2.45) is 0 Å². The van der Waals surface area contributed by atoms with Gasteiger partial charge in [0.2, 0.25) is 5.78 Å². The van der Waals surface area contributed by atoms with Gasteiger partial charge in [0.1, 0.15) is 11.3 Å². The maximum atomic E-state index is 4.30. The number of imidazole rings is 4. The normalized spacial score (nSPS) is 9.97. The van der Waals surface area contributed by atoms with Gasteiger partial charge in [-0.25, -0.2) is 38.9 Å². The number of para-hydroxylation sites is 1. The molecule has 0 saturated carbocycles. The first kappa shape index (κ1) is 89.7. The minimum Gasteiger partial charge on any atom is -0.361 e. The topological polar surface area (TPSA) is 170 Å². The van der Waals surface area contributed by atoms with Crippen LogP contribution in [0.2, 0.25) is 0 Å². The number of rotatable bonds is 7. The van der Waals surface area contributed by atoms with E-state index in [0.717, 1.165) is 34.1 Å². The first-order valence-electron chi connectivity index (χ1n) is 36.2. The monoisotopic (exact) mass is 1350 g/mol. The molecule has 0 aliphatic rings. The number of H-pyrrole nitrogens is 2. The van der Waals surface area contributed by atoms with Crippen LogP contribution in [-0.4, -0.2) is 77.3 Å². The summed E-state index contributed by atoms with van der Waals surface area (Å²) in [6, 6.07) is 30.5. The Labute approximate surface area is 596 Å². The predicted octanol–water partition coefficient (Wildman–Crippen LogP) is 24.3. The summed E-state index contributed by atoms with van der Waals surface area (Å²) in [6.07, 6.45) is 30.5. The molecule has 1 aromatic carbocycles. The Morgan fingerprint density at radius 3 is 1.46 bits per heavy atom. The van der Waals surface area contributed by atoms with Crippen LogP contribution in [0.25, 0.3) is 50.2 Å². The van der Waals surface area contributed by atoms with Crippen LogP contribution >= 0.6 is 0 Å². The number of fused-ring (bicyclic) bond motifs is 7. The number of nitrogens with one attached hydrogen (secondary N) is 2. The summed E-state index contributed by atoms with van der Waals surface area (Å²) in [5, 5.41) is 11.1. The van der Waals surface area contributed by atoms with Crippen molar-refractivity contribution in [1.29, 1.82) is 0 Å². The van der Waals surface area contributed by atoms with Gasteiger partial charge in [-0.05, 0) is 113 Å². The molecule has 0 radical (unpaired) electrons. The summed E-state index contributed by atoms with van der Waals surface area (Å²) in [7, 11) is 0. The van der Waals surface area contributed by atoms with Gasteiger partial charge in [-0.2, -0.15) is 10.2 Å². The van der Waals surface area contributed by atoms with E-state index in [4.69, 9.17) is 0 Å². The van der Waals surface area contributed by atoms with Crippen LogP contribution in [0, 0.1) is 0 Å². The van der Waals surface area contributed by atoms with Gasteiger partial charge in [-0.1, -0.05) is 232 Å². The smallest absolute Gasteiger partial charge is 0.233 e. The molecule has 0 unspecified atom stereocenters. The van der Waals surface area contributed by atoms with Crippen LogP contribution in [0.15, 0.2) is 190 Å². The Morgan fingerprint density at radius 2 is 0.848 bits per heavy atom. The fraction of sp³-hybridized carbons (Fsp3) is 0.434. The molecule has 16 nitrogen and oxygen atoms in total. The van der Waals surface area contributed by atoms with Crippen molar-refractivity contribution in [3.63, 3.8) is 0 Å². The van der Waals surface area contributed by atoms with Gasteiger partial charge >= 0.3 is 0 Å². The van der Waals surface area contributed by atoms with E-state index < -0.39 is 0 Å². The summed E-state index contributed by atoms with van der Waals surface area (Å²) in [4.78, 5) is 35.7. The molecule has 0 amide bonds. The number of hydrogen-bond donors (Lipinski definition) is 2. The number of pyridine rings is 3. The Kier molecular flexibility index (Phi) is 45.4. The third-order valence-corrected chi connectivity index (χ3v) is 14.2. The van der Waals surface area contributed by atoms with E-state index in [1.165, 1.54) is 55.6 Å². The van der Waals surface area contributed by atoms with E-state index in [0.29, 0.717) is 41.4 Å². The maximum Gasteiger partial charge on any atom is 0.233 e. The van der Waals surface area contributed by atoms with Gasteiger partial charge in [0.25, 0.3) is 0 Å². The van der Waals surface area contributed by atoms with Gasteiger partial charge < -0.3 is 18.8 Å². The summed E-state index contributed by atoms with van der Waals surface area (Å²) >= 11 is 0. The molecule has 0 aliphatic carbocycles. The molecule has 0 spiro atoms. The first-order valence-corrected chi connectivity index (χ1v) is 36.2. The molecule has 0 bridgehead atoms. The van der Waals surface area contributed by atoms with Crippen molar-refractivity contribution in [2.45, 2.75) is 243 Å². The molecule has 0 aliphatic heterocycles. The fourth-order valence-corrected chi connectivity index (χ4v) is 9.64. The first-order chi connectivity index (χ1) is 47.5. The average molecular weight is 1350 g/mol. The molecular formula is C83H128N16. The zero-order valence-electron chi connectivity index (χ0n) is 65.2. The molecule has 13 aromatic heterocycles. The molecular weight excluding hydrogens is 1220 g/mol. The van der Waals surface area contributed by atoms with Crippen LogP contribution < -0.4 is 0 Å². The van der Waals surface area contributed by atoms with Crippen molar-refractivity contribution in [3.05, 3.63) is 230 Å². The highest BCUT2D eigenvalue weighted by Crippen LogP contribution is 2.26. The summed E-state index contributed by atoms with van der Waals surface area (Å²) < 4.78 is 10.0. The standard InChI is InChI=1S/C11H13N.3C10H12N2.3C9H11N3.7C2H6.CH4/c1-8(2)10-7-12-11-6-4-3-5-9(10)11;1-7(2)8-3-5-11-10-9(8)4-6-12-10;1-8(2)9-7-11-10-5-3-4-6-12(9)10;1-8(2)9-7-11-12-6-4-3-5-10(9)12;1-7(2)8-5-11-9-6-10-3-4-12(8)9;1-7(2)8-6-11-9-10-4-3-5-12(8)9;1-7(2)8-6-10-9-4-3-5-11-12(8)9;7*1-2;/h3-8,12H,1-2H3;3-7H,1-2H3,(H,11,12);2*3-8H,1-2H3;3*3-7H,1-2H3;7*1-2H3;1H4. The van der Waals surface area contributed by atoms with E-state index in [1.54, 1.807) is 24.8 Å². The van der Waals surface area contributed by atoms with Crippen LogP contribution in [-0.2, 0) is 0 Å². The average Bonchev–Trinajstić information content (AvgIpc) is 1.74. The number of benzene rings is 1. The lowest BCUT2D eigenvalue weighted by Gasteiger charge is -2.05. The van der Waals surface area contributed by atoms with Gasteiger partial charge in [0.15, 0.2) is 11.3 Å². The summed E-state index contributed by atoms with van der Waals surface area (Å²) in [5.74, 6) is 4.47. The highest BCUT2D eigenvalue weighted by Gasteiger charge is 2.11. The van der Waals surface area contributed by atoms with E-state index in [1.807, 2.05) is 221 Å². The molecule has 0 saturated heterocycles. The molecule has 99 heavy (non-hydrogen) atoms. The largest absolute Gasteiger partial charge is 0.361 e. The predicted molar refractivity (Wildman–Crippen MR) is 429 cm³/mol. The summed E-state index contributed by atoms with van der Waals surface area (Å²) in [6.45, 7) is 58.4. The fourth-order valence-electron chi connectivity index (χ4n) is 9.64. The van der Waals surface area contributed by atoms with Gasteiger partial charge in [0, 0.05) is 113 Å². The van der Waals surface area contributed by atoms with E-state index in [9.17, 15) is 0 Å². The third-order valence-electron chi connectivity index (χ3n) is 14.2. The molecule has 540 valence electrons. The maximum absolute atomic E-state index is 4.30. The van der Waals surface area contributed by atoms with Crippen molar-refractivity contribution in [1.82, 2.24) is 77.3 Å². The second kappa shape index (κ2) is 50.1. The number of aromatic nitrogens is 16. The minimum absolute atomic E-state index is 0. The Balaban J connectivity index is 0.00000110. The number of nitrogens with zero attached hydrogens (tertiary/aromatic N) is 14. The van der Waals surface area contributed by atoms with Crippen molar-refractivity contribution in [2.75, 3.05) is 0 Å². The second-order valence-electron chi connectivity index (χ2n) is 22.7. The van der Waals surface area contributed by atoms with Crippen LogP contribution in [0.3, 0.4) is 0 Å². The van der Waals surface area contributed by atoms with E-state index in [-0.39, 0.29) is 7.43 Å². The Morgan fingerprint density at radius 1 is 0.333 bits per heavy atom. The van der Waals surface area contributed by atoms with Crippen molar-refractivity contribution in [3.8, 4) is 0 Å². The van der Waals surface area contributed by atoms with Crippen LogP contribution in [0.5, 0.6) is 0 Å². The van der Waals surface area contributed by atoms with Crippen LogP contribution in [0.4, 0.5) is 0 Å². The highest BCUT2D eigenvalue weighted by molar-refractivity contribution is 5.83. The lowest BCUT2D eigenvalue weighted by Crippen LogP contribution is -1.97. The highest BCUT2D eigenvalue weighted by atomic mass is 15.3. The lowest BCUT2D eigenvalue weighted by atomic mass is 10.0. The molecule has 14 rings (SSSR count). The van der Waals surface area contributed by atoms with Gasteiger partial charge in [-0.3, -0.25) is 9.38 Å². The van der Waals surface area contributed by atoms with Crippen molar-refractivity contribution >= 4 is 50.2 Å². The molecule has 0 atom stereocenters. The zero-order valence-corrected chi connectivity index (χ0v) is 65.2. The van der Waals surface area contributed by atoms with Gasteiger partial charge in [-0.15, -0.1) is 0 Å². The lowest BCUT2D eigenvalue weighted by molar-refractivity contribution is 0.759. The van der Waals surface area contributed by atoms with Crippen molar-refractivity contribution < 1.29 is 0 Å². The molecule has 14 aromatic rings. The van der Waals surface area contributed by atoms with Crippen LogP contribution in [0.1, 0.15) is 282 Å². The zero-order chi connectivity index (χ0) is 73.9. The molecule has 13 heterocycles.